The SMILES string of the molecule is C=CC(/C=C/c1ccc(N(C)CCCN(C)C)cc1)=C\C=[NH+]CCSSCC[n+]1ccc(/C=C/c2ccc(N(C)CCCN(C)C)cc2)cc1. The molecule has 0 amide bonds. The molecule has 0 atom stereocenters. The number of hydrogen-bond acceptors (Lipinski definition) is 6. The van der Waals surface area contributed by atoms with Gasteiger partial charge in [-0.1, -0.05) is 82.8 Å². The zero-order valence-corrected chi connectivity index (χ0v) is 32.9. The van der Waals surface area contributed by atoms with Crippen LogP contribution in [0, 0.1) is 0 Å². The van der Waals surface area contributed by atoms with Gasteiger partial charge in [0.1, 0.15) is 0 Å². The molecule has 0 spiro atoms. The van der Waals surface area contributed by atoms with E-state index in [0.717, 1.165) is 69.2 Å². The van der Waals surface area contributed by atoms with Crippen LogP contribution >= 0.6 is 21.6 Å². The molecule has 0 saturated heterocycles. The third-order valence-corrected chi connectivity index (χ3v) is 10.6. The van der Waals surface area contributed by atoms with Gasteiger partial charge in [-0.25, -0.2) is 9.56 Å². The summed E-state index contributed by atoms with van der Waals surface area (Å²) < 4.78 is 2.26. The van der Waals surface area contributed by atoms with E-state index < -0.39 is 0 Å². The predicted molar refractivity (Wildman–Crippen MR) is 225 cm³/mol. The lowest BCUT2D eigenvalue weighted by atomic mass is 10.1. The van der Waals surface area contributed by atoms with Crippen molar-refractivity contribution >= 4 is 57.4 Å². The molecule has 8 heteroatoms. The van der Waals surface area contributed by atoms with Gasteiger partial charge in [0.25, 0.3) is 0 Å². The van der Waals surface area contributed by atoms with E-state index in [9.17, 15) is 0 Å². The summed E-state index contributed by atoms with van der Waals surface area (Å²) in [5, 5.41) is 0. The Bertz CT molecular complexity index is 1490. The molecule has 3 aromatic rings. The van der Waals surface area contributed by atoms with E-state index in [0.29, 0.717) is 0 Å². The van der Waals surface area contributed by atoms with Crippen LogP contribution in [0.1, 0.15) is 29.5 Å². The summed E-state index contributed by atoms with van der Waals surface area (Å²) in [4.78, 5) is 12.5. The molecule has 0 radical (unpaired) electrons. The summed E-state index contributed by atoms with van der Waals surface area (Å²) in [6.45, 7) is 10.2. The van der Waals surface area contributed by atoms with Crippen molar-refractivity contribution < 1.29 is 9.56 Å². The summed E-state index contributed by atoms with van der Waals surface area (Å²) in [5.41, 5.74) is 7.20. The number of anilines is 2. The maximum Gasteiger partial charge on any atom is 0.169 e. The summed E-state index contributed by atoms with van der Waals surface area (Å²) in [7, 11) is 16.7. The van der Waals surface area contributed by atoms with Crippen molar-refractivity contribution in [3.63, 3.8) is 0 Å². The Morgan fingerprint density at radius 1 is 0.660 bits per heavy atom. The van der Waals surface area contributed by atoms with Gasteiger partial charge in [0.05, 0.1) is 11.5 Å². The van der Waals surface area contributed by atoms with Gasteiger partial charge in [-0.15, -0.1) is 0 Å². The Labute approximate surface area is 311 Å². The van der Waals surface area contributed by atoms with Crippen LogP contribution in [-0.4, -0.2) is 103 Å². The summed E-state index contributed by atoms with van der Waals surface area (Å²) in [5.74, 6) is 2.12. The summed E-state index contributed by atoms with van der Waals surface area (Å²) >= 11 is 0. The van der Waals surface area contributed by atoms with Crippen LogP contribution in [0.5, 0.6) is 0 Å². The number of nitrogens with one attached hydrogen (secondary N) is 1. The zero-order chi connectivity index (χ0) is 36.0. The second-order valence-corrected chi connectivity index (χ2v) is 15.7. The first-order chi connectivity index (χ1) is 24.2. The normalized spacial score (nSPS) is 12.3. The first-order valence-electron chi connectivity index (χ1n) is 17.6. The second kappa shape index (κ2) is 23.8. The third-order valence-electron chi connectivity index (χ3n) is 8.19. The van der Waals surface area contributed by atoms with Crippen molar-refractivity contribution in [3.8, 4) is 0 Å². The van der Waals surface area contributed by atoms with Crippen molar-refractivity contribution in [1.82, 2.24) is 9.80 Å². The Balaban J connectivity index is 1.30. The highest BCUT2D eigenvalue weighted by atomic mass is 33.1. The smallest absolute Gasteiger partial charge is 0.169 e. The average Bonchev–Trinajstić information content (AvgIpc) is 3.11. The molecular weight excluding hydrogens is 653 g/mol. The number of hydrogen-bond donors (Lipinski definition) is 1. The highest BCUT2D eigenvalue weighted by Gasteiger charge is 2.04. The topological polar surface area (TPSA) is 30.8 Å². The number of allylic oxidation sites excluding steroid dienone is 4. The van der Waals surface area contributed by atoms with Crippen LogP contribution in [0.25, 0.3) is 18.2 Å². The molecular formula is C42H60N6S2+2. The maximum absolute atomic E-state index is 3.98. The van der Waals surface area contributed by atoms with Crippen molar-refractivity contribution in [3.05, 3.63) is 120 Å². The molecule has 2 aromatic carbocycles. The fourth-order valence-electron chi connectivity index (χ4n) is 5.09. The molecule has 6 nitrogen and oxygen atoms in total. The number of nitrogens with zero attached hydrogens (tertiary/aromatic N) is 5. The lowest BCUT2D eigenvalue weighted by Gasteiger charge is -2.20. The van der Waals surface area contributed by atoms with Gasteiger partial charge in [-0.05, 0) is 101 Å². The van der Waals surface area contributed by atoms with Crippen LogP contribution in [0.15, 0.2) is 103 Å². The van der Waals surface area contributed by atoms with Crippen molar-refractivity contribution in [1.29, 1.82) is 0 Å². The van der Waals surface area contributed by atoms with Gasteiger partial charge in [0.15, 0.2) is 31.7 Å². The minimum absolute atomic E-state index is 0.927. The quantitative estimate of drug-likeness (QED) is 0.0410. The Morgan fingerprint density at radius 3 is 1.68 bits per heavy atom. The van der Waals surface area contributed by atoms with Gasteiger partial charge in [-0.3, -0.25) is 0 Å². The Hall–Kier alpha value is -3.56. The molecule has 3 rings (SSSR count). The molecule has 0 aliphatic carbocycles. The molecule has 1 N–H and O–H groups in total. The number of rotatable bonds is 23. The molecule has 1 heterocycles. The van der Waals surface area contributed by atoms with Gasteiger partial charge < -0.3 is 19.6 Å². The minimum atomic E-state index is 0.927. The Morgan fingerprint density at radius 2 is 1.16 bits per heavy atom. The highest BCUT2D eigenvalue weighted by Crippen LogP contribution is 2.20. The van der Waals surface area contributed by atoms with Gasteiger partial charge in [0, 0.05) is 56.8 Å². The Kier molecular flexibility index (Phi) is 19.4. The van der Waals surface area contributed by atoms with Crippen LogP contribution < -0.4 is 19.4 Å². The van der Waals surface area contributed by atoms with E-state index in [4.69, 9.17) is 0 Å². The van der Waals surface area contributed by atoms with Crippen LogP contribution in [0.4, 0.5) is 11.4 Å². The fourth-order valence-corrected chi connectivity index (χ4v) is 6.99. The average molecular weight is 713 g/mol. The predicted octanol–water partition coefficient (Wildman–Crippen LogP) is 6.28. The highest BCUT2D eigenvalue weighted by molar-refractivity contribution is 8.76. The van der Waals surface area contributed by atoms with Gasteiger partial charge in [-0.2, -0.15) is 0 Å². The molecule has 268 valence electrons. The first-order valence-corrected chi connectivity index (χ1v) is 20.1. The van der Waals surface area contributed by atoms with E-state index >= 15 is 0 Å². The fraction of sp³-hybridized carbons (Fsp3) is 0.381. The molecule has 1 aromatic heterocycles. The standard InChI is InChI=1S/C42H59N6S2/c1-8-37(11-12-38-15-19-41(20-16-38)46(6)30-9-28-44(2)3)23-26-43-27-35-49-50-36-34-48-32-24-40(25-33-48)14-13-39-17-21-42(22-18-39)47(7)31-10-29-45(4)5/h8,11-26,32-33H,1,9-10,27-31,34-36H2,2-7H3/q+1/p+1/b12-11+,37-23+,43-26?. The number of aryl methyl sites for hydroxylation is 1. The van der Waals surface area contributed by atoms with E-state index in [-0.39, 0.29) is 0 Å². The number of pyridine rings is 1. The lowest BCUT2D eigenvalue weighted by molar-refractivity contribution is -0.692. The molecule has 0 bridgehead atoms. The molecule has 0 aliphatic rings. The monoisotopic (exact) mass is 712 g/mol. The molecule has 0 unspecified atom stereocenters. The lowest BCUT2D eigenvalue weighted by Crippen LogP contribution is -2.69. The zero-order valence-electron chi connectivity index (χ0n) is 31.3. The van der Waals surface area contributed by atoms with Crippen LogP contribution in [-0.2, 0) is 6.54 Å². The minimum Gasteiger partial charge on any atom is -0.375 e. The van der Waals surface area contributed by atoms with E-state index in [2.05, 4.69) is 181 Å². The van der Waals surface area contributed by atoms with Crippen molar-refractivity contribution in [2.45, 2.75) is 19.4 Å². The first kappa shape index (κ1) is 40.9. The van der Waals surface area contributed by atoms with Crippen molar-refractivity contribution in [2.75, 3.05) is 96.3 Å². The van der Waals surface area contributed by atoms with E-state index in [1.165, 1.54) is 28.1 Å². The summed E-state index contributed by atoms with van der Waals surface area (Å²) in [6.07, 6.45) is 21.3. The van der Waals surface area contributed by atoms with Crippen molar-refractivity contribution in [2.24, 2.45) is 0 Å². The molecule has 0 fully saturated rings. The van der Waals surface area contributed by atoms with Gasteiger partial charge in [0.2, 0.25) is 0 Å². The molecule has 0 aliphatic heterocycles. The maximum atomic E-state index is 3.98. The largest absolute Gasteiger partial charge is 0.375 e. The number of aromatic nitrogens is 1. The summed E-state index contributed by atoms with van der Waals surface area (Å²) in [6, 6.07) is 21.9. The van der Waals surface area contributed by atoms with Gasteiger partial charge >= 0.3 is 0 Å². The second-order valence-electron chi connectivity index (χ2n) is 13.0. The molecule has 50 heavy (non-hydrogen) atoms. The molecule has 0 saturated carbocycles. The number of benzene rings is 2. The third kappa shape index (κ3) is 16.9. The van der Waals surface area contributed by atoms with Crippen LogP contribution in [0.2, 0.25) is 0 Å². The van der Waals surface area contributed by atoms with E-state index in [1.54, 1.807) is 0 Å². The van der Waals surface area contributed by atoms with Crippen LogP contribution in [0.3, 0.4) is 0 Å². The van der Waals surface area contributed by atoms with E-state index in [1.807, 2.05) is 33.9 Å².